The first-order chi connectivity index (χ1) is 7.49. The lowest BCUT2D eigenvalue weighted by Crippen LogP contribution is -2.40. The van der Waals surface area contributed by atoms with E-state index in [1.807, 2.05) is 0 Å². The molecule has 1 unspecified atom stereocenters. The maximum atomic E-state index is 11.6. The summed E-state index contributed by atoms with van der Waals surface area (Å²) in [4.78, 5) is 22.2. The average Bonchev–Trinajstić information content (AvgIpc) is 2.43. The first-order valence-corrected chi connectivity index (χ1v) is 4.82. The highest BCUT2D eigenvalue weighted by Crippen LogP contribution is 2.29. The lowest BCUT2D eigenvalue weighted by atomic mass is 10.1. The predicted molar refractivity (Wildman–Crippen MR) is 56.2 cm³/mol. The Morgan fingerprint density at radius 2 is 2.31 bits per heavy atom. The van der Waals surface area contributed by atoms with Gasteiger partial charge in [-0.1, -0.05) is 0 Å². The Morgan fingerprint density at radius 1 is 1.62 bits per heavy atom. The van der Waals surface area contributed by atoms with E-state index in [4.69, 9.17) is 5.11 Å². The molecule has 3 N–H and O–H groups in total. The fourth-order valence-electron chi connectivity index (χ4n) is 1.73. The van der Waals surface area contributed by atoms with Crippen molar-refractivity contribution in [3.63, 3.8) is 0 Å². The van der Waals surface area contributed by atoms with Gasteiger partial charge in [0.1, 0.15) is 17.5 Å². The molecule has 0 fully saturated rings. The van der Waals surface area contributed by atoms with Gasteiger partial charge in [-0.2, -0.15) is 5.10 Å². The van der Waals surface area contributed by atoms with Crippen LogP contribution in [0.2, 0.25) is 0 Å². The summed E-state index contributed by atoms with van der Waals surface area (Å²) >= 11 is 0. The van der Waals surface area contributed by atoms with Crippen LogP contribution in [0, 0.1) is 6.92 Å². The molecule has 0 spiro atoms. The molecule has 1 atom stereocenters. The number of hydrogen-bond donors (Lipinski definition) is 3. The molecular weight excluding hydrogens is 212 g/mol. The number of rotatable bonds is 2. The van der Waals surface area contributed by atoms with Gasteiger partial charge in [0.05, 0.1) is 12.1 Å². The maximum Gasteiger partial charge on any atom is 0.305 e. The molecule has 0 saturated carbocycles. The summed E-state index contributed by atoms with van der Waals surface area (Å²) in [7, 11) is 1.73. The minimum Gasteiger partial charge on any atom is -0.481 e. The van der Waals surface area contributed by atoms with E-state index in [2.05, 4.69) is 15.7 Å². The number of anilines is 2. The molecule has 16 heavy (non-hydrogen) atoms. The number of hydrogen-bond acceptors (Lipinski definition) is 4. The number of carboxylic acids is 1. The molecule has 1 aliphatic heterocycles. The second kappa shape index (κ2) is 3.51. The number of carbonyl (C=O) groups excluding carboxylic acids is 1. The number of carbonyl (C=O) groups is 2. The van der Waals surface area contributed by atoms with E-state index in [-0.39, 0.29) is 12.3 Å². The number of fused-ring (bicyclic) bond motifs is 1. The van der Waals surface area contributed by atoms with Crippen LogP contribution in [-0.2, 0) is 16.6 Å². The van der Waals surface area contributed by atoms with E-state index in [0.717, 1.165) is 0 Å². The summed E-state index contributed by atoms with van der Waals surface area (Å²) < 4.78 is 1.58. The molecule has 1 aromatic rings. The third-order valence-corrected chi connectivity index (χ3v) is 2.48. The molecule has 86 valence electrons. The molecule has 0 radical (unpaired) electrons. The Labute approximate surface area is 91.4 Å². The van der Waals surface area contributed by atoms with E-state index < -0.39 is 12.0 Å². The number of aryl methyl sites for hydroxylation is 2. The van der Waals surface area contributed by atoms with Crippen LogP contribution in [0.15, 0.2) is 0 Å². The SMILES string of the molecule is Cc1nn(C)c2c1NC(=O)C(CC(=O)O)N2. The van der Waals surface area contributed by atoms with Crippen LogP contribution < -0.4 is 10.6 Å². The Morgan fingerprint density at radius 3 is 2.94 bits per heavy atom. The molecule has 0 aliphatic carbocycles. The second-order valence-corrected chi connectivity index (χ2v) is 3.72. The average molecular weight is 224 g/mol. The highest BCUT2D eigenvalue weighted by Gasteiger charge is 2.30. The van der Waals surface area contributed by atoms with Crippen molar-refractivity contribution in [1.29, 1.82) is 0 Å². The Hall–Kier alpha value is -2.05. The molecule has 2 heterocycles. The van der Waals surface area contributed by atoms with Crippen molar-refractivity contribution in [2.45, 2.75) is 19.4 Å². The van der Waals surface area contributed by atoms with Gasteiger partial charge < -0.3 is 15.7 Å². The Balaban J connectivity index is 2.30. The van der Waals surface area contributed by atoms with Crippen LogP contribution in [0.1, 0.15) is 12.1 Å². The van der Waals surface area contributed by atoms with Crippen molar-refractivity contribution < 1.29 is 14.7 Å². The first-order valence-electron chi connectivity index (χ1n) is 4.82. The molecule has 1 amide bonds. The Bertz CT molecular complexity index is 466. The van der Waals surface area contributed by atoms with Gasteiger partial charge in [-0.3, -0.25) is 14.3 Å². The molecule has 2 rings (SSSR count). The molecule has 0 bridgehead atoms. The van der Waals surface area contributed by atoms with Crippen molar-refractivity contribution in [3.05, 3.63) is 5.69 Å². The molecule has 1 aromatic heterocycles. The summed E-state index contributed by atoms with van der Waals surface area (Å²) in [6.45, 7) is 1.78. The smallest absolute Gasteiger partial charge is 0.305 e. The summed E-state index contributed by atoms with van der Waals surface area (Å²) in [5.41, 5.74) is 1.32. The number of amides is 1. The van der Waals surface area contributed by atoms with Crippen LogP contribution in [0.5, 0.6) is 0 Å². The standard InChI is InChI=1S/C9H12N4O3/c1-4-7-8(13(2)12-4)10-5(3-6(14)15)9(16)11-7/h5,10H,3H2,1-2H3,(H,11,16)(H,14,15). The van der Waals surface area contributed by atoms with Gasteiger partial charge in [-0.25, -0.2) is 0 Å². The molecular formula is C9H12N4O3. The van der Waals surface area contributed by atoms with Crippen LogP contribution in [0.4, 0.5) is 11.5 Å². The Kier molecular flexibility index (Phi) is 2.30. The lowest BCUT2D eigenvalue weighted by molar-refractivity contribution is -0.138. The van der Waals surface area contributed by atoms with Gasteiger partial charge in [0.25, 0.3) is 0 Å². The number of aliphatic carboxylic acids is 1. The fraction of sp³-hybridized carbons (Fsp3) is 0.444. The van der Waals surface area contributed by atoms with Crippen LogP contribution in [0.25, 0.3) is 0 Å². The summed E-state index contributed by atoms with van der Waals surface area (Å²) in [6.07, 6.45) is -0.254. The van der Waals surface area contributed by atoms with Gasteiger partial charge in [0.2, 0.25) is 5.91 Å². The maximum absolute atomic E-state index is 11.6. The second-order valence-electron chi connectivity index (χ2n) is 3.72. The van der Waals surface area contributed by atoms with Gasteiger partial charge in [0.15, 0.2) is 0 Å². The highest BCUT2D eigenvalue weighted by atomic mass is 16.4. The number of aromatic nitrogens is 2. The van der Waals surface area contributed by atoms with Gasteiger partial charge in [0, 0.05) is 7.05 Å². The monoisotopic (exact) mass is 224 g/mol. The highest BCUT2D eigenvalue weighted by molar-refractivity contribution is 6.04. The largest absolute Gasteiger partial charge is 0.481 e. The lowest BCUT2D eigenvalue weighted by Gasteiger charge is -2.23. The van der Waals surface area contributed by atoms with Crippen molar-refractivity contribution in [2.24, 2.45) is 7.05 Å². The van der Waals surface area contributed by atoms with Crippen LogP contribution in [-0.4, -0.2) is 32.8 Å². The third kappa shape index (κ3) is 1.60. The first kappa shape index (κ1) is 10.5. The van der Waals surface area contributed by atoms with Crippen LogP contribution >= 0.6 is 0 Å². The summed E-state index contributed by atoms with van der Waals surface area (Å²) in [6, 6.07) is -0.750. The minimum absolute atomic E-state index is 0.254. The van der Waals surface area contributed by atoms with Crippen molar-refractivity contribution >= 4 is 23.4 Å². The zero-order valence-electron chi connectivity index (χ0n) is 8.94. The van der Waals surface area contributed by atoms with Crippen molar-refractivity contribution in [1.82, 2.24) is 9.78 Å². The third-order valence-electron chi connectivity index (χ3n) is 2.48. The van der Waals surface area contributed by atoms with Crippen LogP contribution in [0.3, 0.4) is 0 Å². The van der Waals surface area contributed by atoms with E-state index in [0.29, 0.717) is 17.2 Å². The van der Waals surface area contributed by atoms with Gasteiger partial charge >= 0.3 is 5.97 Å². The summed E-state index contributed by atoms with van der Waals surface area (Å²) in [5.74, 6) is -0.718. The van der Waals surface area contributed by atoms with Crippen molar-refractivity contribution in [3.8, 4) is 0 Å². The van der Waals surface area contributed by atoms with Gasteiger partial charge in [-0.15, -0.1) is 0 Å². The summed E-state index contributed by atoms with van der Waals surface area (Å²) in [5, 5.41) is 18.3. The van der Waals surface area contributed by atoms with E-state index in [1.54, 1.807) is 18.7 Å². The molecule has 0 aromatic carbocycles. The van der Waals surface area contributed by atoms with E-state index in [1.165, 1.54) is 0 Å². The normalized spacial score (nSPS) is 18.6. The van der Waals surface area contributed by atoms with Crippen molar-refractivity contribution in [2.75, 3.05) is 10.6 Å². The van der Waals surface area contributed by atoms with E-state index >= 15 is 0 Å². The molecule has 7 nitrogen and oxygen atoms in total. The zero-order chi connectivity index (χ0) is 11.9. The number of nitrogens with one attached hydrogen (secondary N) is 2. The number of carboxylic acid groups (broad SMARTS) is 1. The topological polar surface area (TPSA) is 96.2 Å². The van der Waals surface area contributed by atoms with E-state index in [9.17, 15) is 9.59 Å². The quantitative estimate of drug-likeness (QED) is 0.653. The predicted octanol–water partition coefficient (Wildman–Crippen LogP) is -0.0642. The number of nitrogens with zero attached hydrogens (tertiary/aromatic N) is 2. The fourth-order valence-corrected chi connectivity index (χ4v) is 1.73. The minimum atomic E-state index is -1.02. The van der Waals surface area contributed by atoms with Gasteiger partial charge in [-0.05, 0) is 6.92 Å². The molecule has 7 heteroatoms. The molecule has 1 aliphatic rings. The molecule has 0 saturated heterocycles. The zero-order valence-corrected chi connectivity index (χ0v) is 8.94.